The van der Waals surface area contributed by atoms with Crippen LogP contribution in [0.4, 0.5) is 13.2 Å². The summed E-state index contributed by atoms with van der Waals surface area (Å²) in [5.74, 6) is 0. The number of aromatic amines is 1. The number of aromatic nitrogens is 1. The minimum Gasteiger partial charge on any atom is -0.381 e. The van der Waals surface area contributed by atoms with Gasteiger partial charge in [0, 0.05) is 34.1 Å². The van der Waals surface area contributed by atoms with E-state index in [2.05, 4.69) is 48.9 Å². The fourth-order valence-electron chi connectivity index (χ4n) is 4.85. The van der Waals surface area contributed by atoms with E-state index in [-0.39, 0.29) is 12.0 Å². The average molecular weight is 464 g/mol. The van der Waals surface area contributed by atoms with Gasteiger partial charge in [-0.3, -0.25) is 0 Å². The van der Waals surface area contributed by atoms with E-state index < -0.39 is 11.9 Å². The normalized spacial score (nSPS) is 15.1. The van der Waals surface area contributed by atoms with Gasteiger partial charge in [-0.2, -0.15) is 18.4 Å². The van der Waals surface area contributed by atoms with Gasteiger partial charge in [0.05, 0.1) is 11.6 Å². The highest BCUT2D eigenvalue weighted by molar-refractivity contribution is 6.01. The summed E-state index contributed by atoms with van der Waals surface area (Å²) in [7, 11) is 0. The lowest BCUT2D eigenvalue weighted by Gasteiger charge is -2.34. The first kappa shape index (κ1) is 23.7. The summed E-state index contributed by atoms with van der Waals surface area (Å²) >= 11 is 0. The van der Waals surface area contributed by atoms with E-state index in [0.29, 0.717) is 24.8 Å². The van der Waals surface area contributed by atoms with Gasteiger partial charge in [0.1, 0.15) is 5.70 Å². The van der Waals surface area contributed by atoms with Crippen LogP contribution in [0.5, 0.6) is 0 Å². The van der Waals surface area contributed by atoms with Crippen LogP contribution in [0, 0.1) is 11.3 Å². The molecule has 0 atom stereocenters. The topological polar surface area (TPSA) is 51.6 Å². The maximum atomic E-state index is 13.1. The molecule has 3 nitrogen and oxygen atoms in total. The number of allylic oxidation sites excluding steroid dienone is 2. The molecule has 0 aliphatic heterocycles. The Morgan fingerprint density at radius 3 is 2.65 bits per heavy atom. The van der Waals surface area contributed by atoms with Crippen molar-refractivity contribution >= 4 is 16.5 Å². The van der Waals surface area contributed by atoms with Crippen LogP contribution in [0.15, 0.2) is 54.8 Å². The van der Waals surface area contributed by atoms with Crippen molar-refractivity contribution in [3.8, 4) is 6.07 Å². The molecule has 2 N–H and O–H groups in total. The summed E-state index contributed by atoms with van der Waals surface area (Å²) < 4.78 is 39.2. The molecule has 0 radical (unpaired) electrons. The Morgan fingerprint density at radius 1 is 1.21 bits per heavy atom. The van der Waals surface area contributed by atoms with Crippen molar-refractivity contribution in [3.63, 3.8) is 0 Å². The van der Waals surface area contributed by atoms with Gasteiger partial charge in [0.25, 0.3) is 0 Å². The number of nitrogens with zero attached hydrogens (tertiary/aromatic N) is 1. The van der Waals surface area contributed by atoms with Crippen LogP contribution in [-0.2, 0) is 11.8 Å². The van der Waals surface area contributed by atoms with Gasteiger partial charge in [-0.25, -0.2) is 0 Å². The van der Waals surface area contributed by atoms with Crippen molar-refractivity contribution in [2.75, 3.05) is 6.54 Å². The highest BCUT2D eigenvalue weighted by Gasteiger charge is 2.37. The van der Waals surface area contributed by atoms with Crippen molar-refractivity contribution in [1.29, 1.82) is 5.26 Å². The quantitative estimate of drug-likeness (QED) is 0.383. The zero-order valence-corrected chi connectivity index (χ0v) is 19.7. The number of fused-ring (bicyclic) bond motifs is 4. The first-order valence-corrected chi connectivity index (χ1v) is 11.5. The number of nitrogens with one attached hydrogen (secondary N) is 2. The number of rotatable bonds is 6. The SMILES string of the molecule is C=C1c2ccc(CCCN/C(=C\CC)C(F)(F)F)cc2C(C)(C)c2[nH]c3cc(C#N)ccc3c21. The number of H-pyrrole nitrogens is 1. The third-order valence-electron chi connectivity index (χ3n) is 6.61. The molecule has 176 valence electrons. The van der Waals surface area contributed by atoms with E-state index in [4.69, 9.17) is 0 Å². The van der Waals surface area contributed by atoms with E-state index in [1.54, 1.807) is 6.92 Å². The Bertz CT molecular complexity index is 1330. The van der Waals surface area contributed by atoms with Gasteiger partial charge >= 0.3 is 6.18 Å². The number of aryl methyl sites for hydroxylation is 1. The lowest BCUT2D eigenvalue weighted by atomic mass is 9.69. The molecule has 1 heterocycles. The molecule has 3 aromatic rings. The number of hydrogen-bond donors (Lipinski definition) is 2. The molecule has 1 aliphatic rings. The van der Waals surface area contributed by atoms with Gasteiger partial charge in [-0.05, 0) is 53.7 Å². The Hall–Kier alpha value is -3.46. The Labute approximate surface area is 198 Å². The predicted octanol–water partition coefficient (Wildman–Crippen LogP) is 7.12. The summed E-state index contributed by atoms with van der Waals surface area (Å²) in [6.07, 6.45) is -1.57. The van der Waals surface area contributed by atoms with Crippen LogP contribution >= 0.6 is 0 Å². The maximum absolute atomic E-state index is 13.1. The third-order valence-corrected chi connectivity index (χ3v) is 6.61. The molecular formula is C28H28F3N3. The van der Waals surface area contributed by atoms with Crippen molar-refractivity contribution in [2.45, 2.75) is 51.6 Å². The first-order valence-electron chi connectivity index (χ1n) is 11.5. The molecule has 0 bridgehead atoms. The van der Waals surface area contributed by atoms with Crippen LogP contribution in [-0.4, -0.2) is 17.7 Å². The zero-order chi connectivity index (χ0) is 24.7. The second kappa shape index (κ2) is 8.72. The molecular weight excluding hydrogens is 435 g/mol. The van der Waals surface area contributed by atoms with E-state index >= 15 is 0 Å². The molecule has 1 aliphatic carbocycles. The summed E-state index contributed by atoms with van der Waals surface area (Å²) in [6, 6.07) is 14.1. The van der Waals surface area contributed by atoms with Gasteiger partial charge < -0.3 is 10.3 Å². The van der Waals surface area contributed by atoms with Crippen molar-refractivity contribution < 1.29 is 13.2 Å². The standard InChI is InChI=1S/C28H28F3N3/c1-5-7-24(28(29,30)31)33-13-6-8-18-9-11-20-17(2)25-21-12-10-19(16-32)15-23(21)34-26(25)27(3,4)22(20)14-18/h7,9-12,14-15,33-34H,2,5-6,8,13H2,1,3-4H3/b24-7-. The van der Waals surface area contributed by atoms with Crippen molar-refractivity contribution in [3.05, 3.63) is 88.3 Å². The van der Waals surface area contributed by atoms with E-state index in [0.717, 1.165) is 44.4 Å². The second-order valence-corrected chi connectivity index (χ2v) is 9.28. The fourth-order valence-corrected chi connectivity index (χ4v) is 4.85. The summed E-state index contributed by atoms with van der Waals surface area (Å²) in [4.78, 5) is 3.53. The van der Waals surface area contributed by atoms with Gasteiger partial charge in [0.15, 0.2) is 0 Å². The largest absolute Gasteiger partial charge is 0.430 e. The monoisotopic (exact) mass is 463 g/mol. The van der Waals surface area contributed by atoms with Crippen molar-refractivity contribution in [2.24, 2.45) is 0 Å². The number of alkyl halides is 3. The highest BCUT2D eigenvalue weighted by atomic mass is 19.4. The molecule has 0 unspecified atom stereocenters. The number of nitriles is 1. The van der Waals surface area contributed by atoms with Crippen LogP contribution in [0.3, 0.4) is 0 Å². The molecule has 34 heavy (non-hydrogen) atoms. The molecule has 4 rings (SSSR count). The van der Waals surface area contributed by atoms with Gasteiger partial charge in [-0.1, -0.05) is 57.7 Å². The number of halogens is 3. The molecule has 0 fully saturated rings. The van der Waals surface area contributed by atoms with Crippen molar-refractivity contribution in [1.82, 2.24) is 10.3 Å². The summed E-state index contributed by atoms with van der Waals surface area (Å²) in [5, 5.41) is 12.9. The molecule has 2 aromatic carbocycles. The van der Waals surface area contributed by atoms with Gasteiger partial charge in [0.2, 0.25) is 0 Å². The second-order valence-electron chi connectivity index (χ2n) is 9.28. The molecule has 1 aromatic heterocycles. The van der Waals surface area contributed by atoms with Crippen LogP contribution in [0.25, 0.3) is 16.5 Å². The molecule has 0 saturated carbocycles. The Kier molecular flexibility index (Phi) is 6.07. The van der Waals surface area contributed by atoms with Gasteiger partial charge in [-0.15, -0.1) is 0 Å². The number of hydrogen-bond acceptors (Lipinski definition) is 2. The van der Waals surface area contributed by atoms with E-state index in [9.17, 15) is 18.4 Å². The first-order chi connectivity index (χ1) is 16.1. The van der Waals surface area contributed by atoms with E-state index in [1.807, 2.05) is 24.3 Å². The van der Waals surface area contributed by atoms with Crippen LogP contribution < -0.4 is 5.32 Å². The Morgan fingerprint density at radius 2 is 1.97 bits per heavy atom. The smallest absolute Gasteiger partial charge is 0.381 e. The number of benzene rings is 2. The minimum atomic E-state index is -4.35. The lowest BCUT2D eigenvalue weighted by molar-refractivity contribution is -0.0969. The summed E-state index contributed by atoms with van der Waals surface area (Å²) in [5.41, 5.74) is 6.92. The lowest BCUT2D eigenvalue weighted by Crippen LogP contribution is -2.27. The van der Waals surface area contributed by atoms with E-state index in [1.165, 1.54) is 6.08 Å². The molecule has 0 saturated heterocycles. The average Bonchev–Trinajstić information content (AvgIpc) is 3.19. The highest BCUT2D eigenvalue weighted by Crippen LogP contribution is 2.48. The minimum absolute atomic E-state index is 0.256. The Balaban J connectivity index is 1.58. The molecule has 0 spiro atoms. The summed E-state index contributed by atoms with van der Waals surface area (Å²) in [6.45, 7) is 10.7. The predicted molar refractivity (Wildman–Crippen MR) is 130 cm³/mol. The third kappa shape index (κ3) is 4.11. The van der Waals surface area contributed by atoms with Crippen LogP contribution in [0.2, 0.25) is 0 Å². The fraction of sp³-hybridized carbons (Fsp3) is 0.321. The zero-order valence-electron chi connectivity index (χ0n) is 19.7. The molecule has 6 heteroatoms. The molecule has 0 amide bonds. The van der Waals surface area contributed by atoms with Crippen LogP contribution in [0.1, 0.15) is 67.1 Å². The maximum Gasteiger partial charge on any atom is 0.430 e.